The van der Waals surface area contributed by atoms with Crippen molar-refractivity contribution in [2.75, 3.05) is 61.4 Å². The summed E-state index contributed by atoms with van der Waals surface area (Å²) in [7, 11) is 0. The number of fused-ring (bicyclic) bond motifs is 2. The fourth-order valence-electron chi connectivity index (χ4n) is 11.7. The molecule has 0 spiro atoms. The molecule has 77 heavy (non-hydrogen) atoms. The van der Waals surface area contributed by atoms with E-state index in [0.29, 0.717) is 59.1 Å². The Labute approximate surface area is 451 Å². The van der Waals surface area contributed by atoms with E-state index in [4.69, 9.17) is 24.5 Å². The molecule has 6 aromatic rings. The Hall–Kier alpha value is -7.01. The number of carbonyl (C=O) groups excluding carboxylic acids is 2. The number of anilines is 3. The summed E-state index contributed by atoms with van der Waals surface area (Å²) in [6.45, 7) is 12.0. The molecule has 2 amide bonds. The van der Waals surface area contributed by atoms with Crippen molar-refractivity contribution in [1.82, 2.24) is 50.6 Å². The van der Waals surface area contributed by atoms with Crippen molar-refractivity contribution in [3.8, 4) is 39.3 Å². The Morgan fingerprint density at radius 3 is 2.38 bits per heavy atom. The lowest BCUT2D eigenvalue weighted by atomic mass is 9.91. The Morgan fingerprint density at radius 1 is 0.870 bits per heavy atom. The molecule has 5 fully saturated rings. The zero-order valence-corrected chi connectivity index (χ0v) is 44.7. The number of aliphatic hydroxyl groups is 1. The SMILES string of the molecule is Cc1ncsc1-c1ccc([C@H](C)NC(=O)[C@@H]2C[C@@H](O)CN2C(=O)[C@H](c2cc(OCCN3CCC(OC4CC(Oc5cc(N6C7CC[C@@H]6CN(c6cc(-c8ccccc8O)nnc6N)C7)ccn5)C4)CC3)no2)C(C)C)nn1. The highest BCUT2D eigenvalue weighted by atomic mass is 32.1. The normalized spacial score (nSPS) is 23.5. The average Bonchev–Trinajstić information content (AvgIpc) is 4.22. The van der Waals surface area contributed by atoms with E-state index in [9.17, 15) is 19.8 Å². The summed E-state index contributed by atoms with van der Waals surface area (Å²) in [5.74, 6) is 0.165. The van der Waals surface area contributed by atoms with Gasteiger partial charge >= 0.3 is 0 Å². The summed E-state index contributed by atoms with van der Waals surface area (Å²) in [5, 5.41) is 45.6. The predicted octanol–water partition coefficient (Wildman–Crippen LogP) is 5.94. The van der Waals surface area contributed by atoms with Crippen molar-refractivity contribution < 1.29 is 38.5 Å². The molecule has 2 bridgehead atoms. The molecule has 6 atom stereocenters. The second kappa shape index (κ2) is 22.5. The summed E-state index contributed by atoms with van der Waals surface area (Å²) in [5.41, 5.74) is 13.5. The Morgan fingerprint density at radius 2 is 1.65 bits per heavy atom. The molecule has 4 aliphatic heterocycles. The van der Waals surface area contributed by atoms with E-state index in [1.165, 1.54) is 16.2 Å². The lowest BCUT2D eigenvalue weighted by Crippen LogP contribution is -2.54. The highest BCUT2D eigenvalue weighted by Gasteiger charge is 2.45. The maximum absolute atomic E-state index is 14.2. The van der Waals surface area contributed by atoms with Crippen LogP contribution in [0.4, 0.5) is 17.2 Å². The number of para-hydroxylation sites is 1. The average molecular weight is 1070 g/mol. The van der Waals surface area contributed by atoms with Gasteiger partial charge < -0.3 is 54.7 Å². The number of rotatable bonds is 18. The van der Waals surface area contributed by atoms with Crippen molar-refractivity contribution in [2.24, 2.45) is 5.92 Å². The lowest BCUT2D eigenvalue weighted by molar-refractivity contribution is -0.141. The molecule has 5 aromatic heterocycles. The van der Waals surface area contributed by atoms with Crippen molar-refractivity contribution in [2.45, 2.75) is 127 Å². The van der Waals surface area contributed by atoms with Gasteiger partial charge in [0.05, 0.1) is 57.5 Å². The number of nitrogen functional groups attached to an aromatic ring is 1. The molecule has 21 nitrogen and oxygen atoms in total. The smallest absolute Gasteiger partial charge is 0.254 e. The first kappa shape index (κ1) is 52.1. The van der Waals surface area contributed by atoms with Crippen LogP contribution >= 0.6 is 11.3 Å². The largest absolute Gasteiger partial charge is 0.507 e. The molecule has 5 N–H and O–H groups in total. The highest BCUT2D eigenvalue weighted by molar-refractivity contribution is 7.13. The van der Waals surface area contributed by atoms with Gasteiger partial charge in [-0.15, -0.1) is 26.6 Å². The number of phenols is 1. The summed E-state index contributed by atoms with van der Waals surface area (Å²) in [6.07, 6.45) is 7.12. The van der Waals surface area contributed by atoms with Gasteiger partial charge in [0.15, 0.2) is 11.6 Å². The van der Waals surface area contributed by atoms with Crippen LogP contribution in [0.15, 0.2) is 76.9 Å². The number of piperazine rings is 1. The number of phenolic OH excluding ortho intramolecular Hbond substituents is 1. The number of nitrogens with one attached hydrogen (secondary N) is 1. The van der Waals surface area contributed by atoms with Crippen LogP contribution in [-0.4, -0.2) is 156 Å². The third kappa shape index (κ3) is 11.4. The molecular formula is C55H67N13O8S. The summed E-state index contributed by atoms with van der Waals surface area (Å²) in [6, 6.07) is 17.8. The number of pyridine rings is 1. The van der Waals surface area contributed by atoms with Crippen LogP contribution in [0.1, 0.15) is 94.8 Å². The standard InChI is InChI=1S/C55H67N13O8S/c1-31(2)51(55(72)67-29-37(69)22-46(67)54(71)59-32(3)42-11-12-43(61-60-42)52-33(4)58-30-77-52)48-26-50(64-76-48)73-20-19-65-17-14-38(15-18-65)74-39-23-40(24-39)75-49-21-34(13-16-57-49)68-35-9-10-36(68)28-66(27-35)45-25-44(62-63-53(45)56)41-7-5-6-8-47(41)70/h5-8,11-13,16,21,25-26,30-32,35-40,46,51,69-70H,9-10,14-15,17-20,22-24,27-29H2,1-4H3,(H2,56,63)(H,59,71)/t32-,35+,36?,37+,39?,40?,46-,51-/m0/s1. The molecule has 9 heterocycles. The Balaban J connectivity index is 0.601. The van der Waals surface area contributed by atoms with E-state index in [-0.39, 0.29) is 66.8 Å². The van der Waals surface area contributed by atoms with Gasteiger partial charge in [0.1, 0.15) is 36.1 Å². The van der Waals surface area contributed by atoms with Crippen LogP contribution in [0.5, 0.6) is 17.5 Å². The van der Waals surface area contributed by atoms with E-state index >= 15 is 0 Å². The maximum Gasteiger partial charge on any atom is 0.254 e. The molecule has 22 heteroatoms. The second-order valence-electron chi connectivity index (χ2n) is 21.5. The molecule has 0 radical (unpaired) electrons. The quantitative estimate of drug-likeness (QED) is 0.0776. The third-order valence-corrected chi connectivity index (χ3v) is 16.8. The van der Waals surface area contributed by atoms with E-state index in [1.54, 1.807) is 23.7 Å². The Kier molecular flexibility index (Phi) is 15.2. The van der Waals surface area contributed by atoms with Crippen molar-refractivity contribution >= 4 is 40.3 Å². The molecule has 1 aromatic carbocycles. The van der Waals surface area contributed by atoms with Gasteiger partial charge in [0.2, 0.25) is 17.7 Å². The second-order valence-corrected chi connectivity index (χ2v) is 22.3. The number of hydrogen-bond acceptors (Lipinski definition) is 20. The molecule has 1 saturated carbocycles. The van der Waals surface area contributed by atoms with Gasteiger partial charge in [-0.2, -0.15) is 5.10 Å². The van der Waals surface area contributed by atoms with Gasteiger partial charge in [0.25, 0.3) is 5.88 Å². The minimum absolute atomic E-state index is 0.0249. The van der Waals surface area contributed by atoms with Gasteiger partial charge in [0, 0.05) is 100 Å². The zero-order valence-electron chi connectivity index (χ0n) is 43.9. The number of aryl methyl sites for hydroxylation is 1. The number of aliphatic hydroxyl groups excluding tert-OH is 1. The number of benzene rings is 1. The van der Waals surface area contributed by atoms with Crippen molar-refractivity contribution in [3.05, 3.63) is 89.5 Å². The lowest BCUT2D eigenvalue weighted by Gasteiger charge is -2.43. The number of nitrogens with two attached hydrogens (primary N) is 1. The van der Waals surface area contributed by atoms with E-state index < -0.39 is 24.1 Å². The van der Waals surface area contributed by atoms with E-state index in [0.717, 1.165) is 86.6 Å². The monoisotopic (exact) mass is 1070 g/mol. The Bertz CT molecular complexity index is 3010. The third-order valence-electron chi connectivity index (χ3n) is 15.8. The van der Waals surface area contributed by atoms with Gasteiger partial charge in [-0.1, -0.05) is 26.0 Å². The topological polar surface area (TPSA) is 257 Å². The summed E-state index contributed by atoms with van der Waals surface area (Å²) < 4.78 is 24.7. The van der Waals surface area contributed by atoms with Crippen molar-refractivity contribution in [3.63, 3.8) is 0 Å². The van der Waals surface area contributed by atoms with E-state index in [2.05, 4.69) is 67.7 Å². The number of thiazole rings is 1. The van der Waals surface area contributed by atoms with Gasteiger partial charge in [-0.25, -0.2) is 9.97 Å². The summed E-state index contributed by atoms with van der Waals surface area (Å²) in [4.78, 5) is 46.4. The number of nitrogens with zero attached hydrogens (tertiary/aromatic N) is 11. The first-order valence-electron chi connectivity index (χ1n) is 26.9. The minimum Gasteiger partial charge on any atom is -0.507 e. The molecular weight excluding hydrogens is 1000 g/mol. The number of β-amino-alcohol motifs (C(OH)–C–C–N with tert-alkyl or cyclic N) is 1. The number of aromatic hydroxyl groups is 1. The predicted molar refractivity (Wildman–Crippen MR) is 287 cm³/mol. The first-order chi connectivity index (χ1) is 37.3. The number of ether oxygens (including phenoxy) is 3. The number of likely N-dealkylation sites (tertiary alicyclic amines) is 2. The number of aromatic nitrogens is 7. The van der Waals surface area contributed by atoms with Crippen LogP contribution < -0.4 is 30.3 Å². The molecule has 5 aliphatic rings. The fraction of sp³-hybridized carbons (Fsp3) is 0.509. The molecule has 1 aliphatic carbocycles. The van der Waals surface area contributed by atoms with Crippen LogP contribution in [-0.2, 0) is 14.3 Å². The molecule has 1 unspecified atom stereocenters. The van der Waals surface area contributed by atoms with Crippen LogP contribution in [0.3, 0.4) is 0 Å². The number of hydrogen-bond donors (Lipinski definition) is 4. The van der Waals surface area contributed by atoms with E-state index in [1.807, 2.05) is 64.2 Å². The summed E-state index contributed by atoms with van der Waals surface area (Å²) >= 11 is 1.49. The number of carbonyl (C=O) groups is 2. The maximum atomic E-state index is 14.2. The van der Waals surface area contributed by atoms with Crippen LogP contribution in [0.2, 0.25) is 0 Å². The number of amides is 2. The first-order valence-corrected chi connectivity index (χ1v) is 27.8. The zero-order chi connectivity index (χ0) is 53.3. The van der Waals surface area contributed by atoms with Crippen LogP contribution in [0, 0.1) is 12.8 Å². The molecule has 11 rings (SSSR count). The minimum atomic E-state index is -0.878. The van der Waals surface area contributed by atoms with Gasteiger partial charge in [-0.05, 0) is 87.0 Å². The molecule has 4 saturated heterocycles. The van der Waals surface area contributed by atoms with Crippen LogP contribution in [0.25, 0.3) is 21.8 Å². The highest BCUT2D eigenvalue weighted by Crippen LogP contribution is 2.41. The van der Waals surface area contributed by atoms with Gasteiger partial charge in [-0.3, -0.25) is 14.5 Å². The fourth-order valence-corrected chi connectivity index (χ4v) is 12.4. The van der Waals surface area contributed by atoms with Crippen molar-refractivity contribution in [1.29, 1.82) is 0 Å². The molecule has 406 valence electrons. The number of piperidine rings is 1.